The van der Waals surface area contributed by atoms with E-state index in [0.717, 1.165) is 5.69 Å². The van der Waals surface area contributed by atoms with Gasteiger partial charge in [0.05, 0.1) is 16.5 Å². The molecule has 8 nitrogen and oxygen atoms in total. The van der Waals surface area contributed by atoms with Crippen LogP contribution in [0.25, 0.3) is 5.69 Å². The first-order valence-electron chi connectivity index (χ1n) is 8.23. The highest BCUT2D eigenvalue weighted by atomic mass is 32.2. The van der Waals surface area contributed by atoms with Crippen molar-refractivity contribution in [1.29, 1.82) is 0 Å². The summed E-state index contributed by atoms with van der Waals surface area (Å²) < 4.78 is 1.58. The van der Waals surface area contributed by atoms with Crippen LogP contribution in [0.1, 0.15) is 23.7 Å². The molecule has 0 spiro atoms. The number of carboxylic acid groups (broad SMARTS) is 1. The number of aromatic carboxylic acids is 1. The zero-order valence-corrected chi connectivity index (χ0v) is 15.3. The number of nitrogens with one attached hydrogen (secondary N) is 1. The van der Waals surface area contributed by atoms with Crippen LogP contribution in [-0.4, -0.2) is 42.4 Å². The molecule has 138 valence electrons. The van der Waals surface area contributed by atoms with Gasteiger partial charge in [-0.25, -0.2) is 4.79 Å². The lowest BCUT2D eigenvalue weighted by molar-refractivity contribution is -0.115. The quantitative estimate of drug-likeness (QED) is 0.604. The number of rotatable bonds is 7. The lowest BCUT2D eigenvalue weighted by atomic mass is 10.2. The summed E-state index contributed by atoms with van der Waals surface area (Å²) in [6, 6.07) is 15.5. The SMILES string of the molecule is CCC(Sc1nnnn1-c1ccccc1)C(=O)Nc1cccc(C(=O)O)c1. The summed E-state index contributed by atoms with van der Waals surface area (Å²) >= 11 is 1.25. The van der Waals surface area contributed by atoms with Gasteiger partial charge in [-0.2, -0.15) is 4.68 Å². The van der Waals surface area contributed by atoms with Crippen molar-refractivity contribution in [3.63, 3.8) is 0 Å². The molecule has 1 amide bonds. The molecule has 1 aromatic heterocycles. The molecule has 0 radical (unpaired) electrons. The summed E-state index contributed by atoms with van der Waals surface area (Å²) in [7, 11) is 0. The smallest absolute Gasteiger partial charge is 0.335 e. The minimum absolute atomic E-state index is 0.113. The van der Waals surface area contributed by atoms with Crippen molar-refractivity contribution in [1.82, 2.24) is 20.2 Å². The van der Waals surface area contributed by atoms with Gasteiger partial charge in [0.2, 0.25) is 11.1 Å². The molecule has 3 rings (SSSR count). The molecule has 1 atom stereocenters. The van der Waals surface area contributed by atoms with Crippen molar-refractivity contribution in [2.75, 3.05) is 5.32 Å². The third-order valence-electron chi connectivity index (χ3n) is 3.73. The predicted octanol–water partition coefficient (Wildman–Crippen LogP) is 2.87. The maximum atomic E-state index is 12.6. The molecule has 0 saturated carbocycles. The van der Waals surface area contributed by atoms with E-state index in [0.29, 0.717) is 17.3 Å². The molecule has 0 saturated heterocycles. The van der Waals surface area contributed by atoms with Gasteiger partial charge in [-0.3, -0.25) is 4.79 Å². The number of para-hydroxylation sites is 1. The monoisotopic (exact) mass is 383 g/mol. The molecule has 0 aliphatic rings. The number of amides is 1. The number of carboxylic acids is 1. The fraction of sp³-hybridized carbons (Fsp3) is 0.167. The third-order valence-corrected chi connectivity index (χ3v) is 5.03. The molecule has 1 unspecified atom stereocenters. The van der Waals surface area contributed by atoms with Crippen LogP contribution >= 0.6 is 11.8 Å². The molecule has 0 bridgehead atoms. The lowest BCUT2D eigenvalue weighted by Crippen LogP contribution is -2.25. The molecule has 2 aromatic carbocycles. The second kappa shape index (κ2) is 8.45. The number of carbonyl (C=O) groups excluding carboxylic acids is 1. The highest BCUT2D eigenvalue weighted by molar-refractivity contribution is 8.00. The Morgan fingerprint density at radius 2 is 1.96 bits per heavy atom. The molecule has 2 N–H and O–H groups in total. The van der Waals surface area contributed by atoms with Crippen molar-refractivity contribution in [3.05, 3.63) is 60.2 Å². The van der Waals surface area contributed by atoms with Gasteiger partial charge in [0.15, 0.2) is 0 Å². The molecular formula is C18H17N5O3S. The molecule has 0 aliphatic carbocycles. The summed E-state index contributed by atoms with van der Waals surface area (Å²) in [6.07, 6.45) is 0.552. The van der Waals surface area contributed by atoms with Crippen LogP contribution in [0.3, 0.4) is 0 Å². The van der Waals surface area contributed by atoms with Crippen molar-refractivity contribution in [2.45, 2.75) is 23.8 Å². The number of hydrogen-bond acceptors (Lipinski definition) is 6. The van der Waals surface area contributed by atoms with Gasteiger partial charge in [0.1, 0.15) is 0 Å². The number of nitrogens with zero attached hydrogens (tertiary/aromatic N) is 4. The van der Waals surface area contributed by atoms with Crippen LogP contribution < -0.4 is 5.32 Å². The number of thioether (sulfide) groups is 1. The highest BCUT2D eigenvalue weighted by Crippen LogP contribution is 2.26. The Kier molecular flexibility index (Phi) is 5.82. The molecular weight excluding hydrogens is 366 g/mol. The molecule has 27 heavy (non-hydrogen) atoms. The maximum Gasteiger partial charge on any atom is 0.335 e. The van der Waals surface area contributed by atoms with Crippen molar-refractivity contribution in [2.24, 2.45) is 0 Å². The zero-order chi connectivity index (χ0) is 19.2. The third kappa shape index (κ3) is 4.50. The van der Waals surface area contributed by atoms with E-state index in [1.165, 1.54) is 23.9 Å². The van der Waals surface area contributed by atoms with Gasteiger partial charge in [-0.05, 0) is 47.2 Å². The van der Waals surface area contributed by atoms with E-state index in [1.54, 1.807) is 16.8 Å². The molecule has 1 heterocycles. The Morgan fingerprint density at radius 3 is 2.67 bits per heavy atom. The van der Waals surface area contributed by atoms with Crippen LogP contribution in [0.5, 0.6) is 0 Å². The second-order valence-electron chi connectivity index (χ2n) is 5.60. The van der Waals surface area contributed by atoms with E-state index in [4.69, 9.17) is 5.11 Å². The van der Waals surface area contributed by atoms with E-state index >= 15 is 0 Å². The first kappa shape index (κ1) is 18.6. The standard InChI is InChI=1S/C18H17N5O3S/c1-2-15(16(24)19-13-8-6-7-12(11-13)17(25)26)27-18-20-21-22-23(18)14-9-4-3-5-10-14/h3-11,15H,2H2,1H3,(H,19,24)(H,25,26). The van der Waals surface area contributed by atoms with Gasteiger partial charge in [-0.1, -0.05) is 43.0 Å². The summed E-state index contributed by atoms with van der Waals surface area (Å²) in [5.74, 6) is -1.29. The van der Waals surface area contributed by atoms with Crippen LogP contribution in [0.15, 0.2) is 59.8 Å². The number of anilines is 1. The van der Waals surface area contributed by atoms with E-state index < -0.39 is 11.2 Å². The molecule has 3 aromatic rings. The first-order chi connectivity index (χ1) is 13.1. The van der Waals surface area contributed by atoms with E-state index in [2.05, 4.69) is 20.8 Å². The molecule has 9 heteroatoms. The normalized spacial score (nSPS) is 11.7. The Morgan fingerprint density at radius 1 is 1.19 bits per heavy atom. The predicted molar refractivity (Wildman–Crippen MR) is 101 cm³/mol. The topological polar surface area (TPSA) is 110 Å². The second-order valence-corrected chi connectivity index (χ2v) is 6.77. The van der Waals surface area contributed by atoms with E-state index in [9.17, 15) is 9.59 Å². The van der Waals surface area contributed by atoms with Gasteiger partial charge in [0.25, 0.3) is 0 Å². The Bertz CT molecular complexity index is 945. The average molecular weight is 383 g/mol. The Balaban J connectivity index is 1.75. The average Bonchev–Trinajstić information content (AvgIpc) is 3.15. The number of aromatic nitrogens is 4. The van der Waals surface area contributed by atoms with E-state index in [1.807, 2.05) is 37.3 Å². The lowest BCUT2D eigenvalue weighted by Gasteiger charge is -2.14. The highest BCUT2D eigenvalue weighted by Gasteiger charge is 2.22. The number of benzene rings is 2. The number of carbonyl (C=O) groups is 2. The van der Waals surface area contributed by atoms with Gasteiger partial charge in [-0.15, -0.1) is 5.10 Å². The summed E-state index contributed by atoms with van der Waals surface area (Å²) in [6.45, 7) is 1.89. The molecule has 0 fully saturated rings. The van der Waals surface area contributed by atoms with Crippen LogP contribution in [0.4, 0.5) is 5.69 Å². The van der Waals surface area contributed by atoms with Crippen molar-refractivity contribution >= 4 is 29.3 Å². The minimum Gasteiger partial charge on any atom is -0.478 e. The van der Waals surface area contributed by atoms with Crippen molar-refractivity contribution < 1.29 is 14.7 Å². The zero-order valence-electron chi connectivity index (χ0n) is 14.4. The van der Waals surface area contributed by atoms with Crippen LogP contribution in [0.2, 0.25) is 0 Å². The first-order valence-corrected chi connectivity index (χ1v) is 9.11. The van der Waals surface area contributed by atoms with E-state index in [-0.39, 0.29) is 11.5 Å². The van der Waals surface area contributed by atoms with Crippen LogP contribution in [0, 0.1) is 0 Å². The summed E-state index contributed by atoms with van der Waals surface area (Å²) in [5, 5.41) is 23.6. The summed E-state index contributed by atoms with van der Waals surface area (Å²) in [4.78, 5) is 23.7. The largest absolute Gasteiger partial charge is 0.478 e. The van der Waals surface area contributed by atoms with Gasteiger partial charge >= 0.3 is 5.97 Å². The van der Waals surface area contributed by atoms with Gasteiger partial charge in [0, 0.05) is 5.69 Å². The molecule has 0 aliphatic heterocycles. The Labute approximate surface area is 159 Å². The number of hydrogen-bond donors (Lipinski definition) is 2. The summed E-state index contributed by atoms with van der Waals surface area (Å²) in [5.41, 5.74) is 1.34. The Hall–Kier alpha value is -3.20. The number of tetrazole rings is 1. The fourth-order valence-corrected chi connectivity index (χ4v) is 3.30. The maximum absolute atomic E-state index is 12.6. The fourth-order valence-electron chi connectivity index (χ4n) is 2.39. The van der Waals surface area contributed by atoms with Crippen LogP contribution in [-0.2, 0) is 4.79 Å². The van der Waals surface area contributed by atoms with Gasteiger partial charge < -0.3 is 10.4 Å². The minimum atomic E-state index is -1.05. The van der Waals surface area contributed by atoms with Crippen molar-refractivity contribution in [3.8, 4) is 5.69 Å².